The van der Waals surface area contributed by atoms with Crippen LogP contribution in [0.3, 0.4) is 0 Å². The molecule has 0 aliphatic carbocycles. The average molecular weight is 248 g/mol. The minimum Gasteiger partial charge on any atom is -0.341 e. The zero-order valence-electron chi connectivity index (χ0n) is 11.9. The predicted octanol–water partition coefficient (Wildman–Crippen LogP) is 1.92. The molecular weight excluding hydrogens is 224 g/mol. The molecule has 4 nitrogen and oxygen atoms in total. The molecule has 1 aliphatic rings. The van der Waals surface area contributed by atoms with E-state index in [1.807, 2.05) is 27.0 Å². The van der Waals surface area contributed by atoms with E-state index in [9.17, 15) is 0 Å². The number of nitrogens with zero attached hydrogens (tertiary/aromatic N) is 3. The Morgan fingerprint density at radius 2 is 1.78 bits per heavy atom. The summed E-state index contributed by atoms with van der Waals surface area (Å²) in [6, 6.07) is 2.63. The van der Waals surface area contributed by atoms with Crippen molar-refractivity contribution in [2.75, 3.05) is 25.0 Å². The molecule has 1 aliphatic heterocycles. The SMILES string of the molecule is CNC(C)C1CCN(c2nc(C)cc(C)n2)CC1. The Balaban J connectivity index is 2.01. The van der Waals surface area contributed by atoms with Crippen molar-refractivity contribution in [1.29, 1.82) is 0 Å². The Hall–Kier alpha value is -1.16. The molecule has 0 radical (unpaired) electrons. The summed E-state index contributed by atoms with van der Waals surface area (Å²) in [6.45, 7) is 8.48. The third-order valence-electron chi connectivity index (χ3n) is 3.96. The fraction of sp³-hybridized carbons (Fsp3) is 0.714. The van der Waals surface area contributed by atoms with E-state index in [1.165, 1.54) is 12.8 Å². The van der Waals surface area contributed by atoms with Gasteiger partial charge in [-0.3, -0.25) is 0 Å². The quantitative estimate of drug-likeness (QED) is 0.887. The summed E-state index contributed by atoms with van der Waals surface area (Å²) in [6.07, 6.45) is 2.44. The first-order valence-corrected chi connectivity index (χ1v) is 6.84. The van der Waals surface area contributed by atoms with Crippen LogP contribution in [0, 0.1) is 19.8 Å². The number of nitrogens with one attached hydrogen (secondary N) is 1. The second-order valence-corrected chi connectivity index (χ2v) is 5.35. The van der Waals surface area contributed by atoms with Gasteiger partial charge in [0.2, 0.25) is 5.95 Å². The second-order valence-electron chi connectivity index (χ2n) is 5.35. The van der Waals surface area contributed by atoms with Crippen LogP contribution in [0.1, 0.15) is 31.2 Å². The third-order valence-corrected chi connectivity index (χ3v) is 3.96. The number of aryl methyl sites for hydroxylation is 2. The summed E-state index contributed by atoms with van der Waals surface area (Å²) in [5, 5.41) is 3.36. The number of aromatic nitrogens is 2. The van der Waals surface area contributed by atoms with Crippen molar-refractivity contribution in [1.82, 2.24) is 15.3 Å². The summed E-state index contributed by atoms with van der Waals surface area (Å²) in [5.74, 6) is 1.68. The zero-order chi connectivity index (χ0) is 13.1. The maximum Gasteiger partial charge on any atom is 0.225 e. The standard InChI is InChI=1S/C14H24N4/c1-10-9-11(2)17-14(16-10)18-7-5-13(6-8-18)12(3)15-4/h9,12-13,15H,5-8H2,1-4H3. The van der Waals surface area contributed by atoms with Crippen molar-refractivity contribution in [3.05, 3.63) is 17.5 Å². The van der Waals surface area contributed by atoms with Crippen LogP contribution in [0.5, 0.6) is 0 Å². The molecule has 0 spiro atoms. The molecule has 0 saturated carbocycles. The Bertz CT molecular complexity index is 377. The van der Waals surface area contributed by atoms with Gasteiger partial charge in [0, 0.05) is 30.5 Å². The first-order chi connectivity index (χ1) is 8.60. The van der Waals surface area contributed by atoms with Crippen molar-refractivity contribution < 1.29 is 0 Å². The molecule has 0 aromatic carbocycles. The second kappa shape index (κ2) is 5.65. The highest BCUT2D eigenvalue weighted by atomic mass is 15.3. The molecule has 4 heteroatoms. The van der Waals surface area contributed by atoms with E-state index in [0.717, 1.165) is 36.3 Å². The van der Waals surface area contributed by atoms with Gasteiger partial charge in [-0.2, -0.15) is 0 Å². The number of piperidine rings is 1. The average Bonchev–Trinajstić information content (AvgIpc) is 2.37. The number of rotatable bonds is 3. The van der Waals surface area contributed by atoms with Crippen molar-refractivity contribution in [2.24, 2.45) is 5.92 Å². The minimum atomic E-state index is 0.604. The molecule has 0 amide bonds. The monoisotopic (exact) mass is 248 g/mol. The summed E-state index contributed by atoms with van der Waals surface area (Å²) in [4.78, 5) is 11.4. The summed E-state index contributed by atoms with van der Waals surface area (Å²) >= 11 is 0. The van der Waals surface area contributed by atoms with Crippen LogP contribution in [0.2, 0.25) is 0 Å². The molecular formula is C14H24N4. The fourth-order valence-electron chi connectivity index (χ4n) is 2.68. The van der Waals surface area contributed by atoms with Gasteiger partial charge in [-0.1, -0.05) is 0 Å². The molecule has 0 bridgehead atoms. The highest BCUT2D eigenvalue weighted by molar-refractivity contribution is 5.32. The smallest absolute Gasteiger partial charge is 0.225 e. The molecule has 1 saturated heterocycles. The Kier molecular flexibility index (Phi) is 4.17. The Morgan fingerprint density at radius 1 is 1.22 bits per heavy atom. The summed E-state index contributed by atoms with van der Waals surface area (Å²) in [5.41, 5.74) is 2.12. The van der Waals surface area contributed by atoms with E-state index in [-0.39, 0.29) is 0 Å². The highest BCUT2D eigenvalue weighted by Gasteiger charge is 2.24. The van der Waals surface area contributed by atoms with E-state index in [4.69, 9.17) is 0 Å². The van der Waals surface area contributed by atoms with Gasteiger partial charge in [-0.05, 0) is 52.6 Å². The van der Waals surface area contributed by atoms with E-state index in [1.54, 1.807) is 0 Å². The van der Waals surface area contributed by atoms with Crippen LogP contribution in [0.25, 0.3) is 0 Å². The molecule has 18 heavy (non-hydrogen) atoms. The lowest BCUT2D eigenvalue weighted by atomic mass is 9.90. The van der Waals surface area contributed by atoms with E-state index in [2.05, 4.69) is 27.1 Å². The van der Waals surface area contributed by atoms with Gasteiger partial charge in [0.25, 0.3) is 0 Å². The molecule has 1 N–H and O–H groups in total. The van der Waals surface area contributed by atoms with Gasteiger partial charge in [0.05, 0.1) is 0 Å². The normalized spacial score (nSPS) is 19.0. The van der Waals surface area contributed by atoms with Crippen molar-refractivity contribution >= 4 is 5.95 Å². The predicted molar refractivity (Wildman–Crippen MR) is 75.0 cm³/mol. The Morgan fingerprint density at radius 3 is 2.28 bits per heavy atom. The summed E-state index contributed by atoms with van der Waals surface area (Å²) < 4.78 is 0. The van der Waals surface area contributed by atoms with E-state index in [0.29, 0.717) is 6.04 Å². The van der Waals surface area contributed by atoms with Gasteiger partial charge in [-0.25, -0.2) is 9.97 Å². The van der Waals surface area contributed by atoms with Crippen LogP contribution >= 0.6 is 0 Å². The zero-order valence-corrected chi connectivity index (χ0v) is 11.9. The molecule has 1 aromatic heterocycles. The van der Waals surface area contributed by atoms with E-state index >= 15 is 0 Å². The van der Waals surface area contributed by atoms with Crippen LogP contribution in [0.15, 0.2) is 6.07 Å². The maximum atomic E-state index is 4.55. The summed E-state index contributed by atoms with van der Waals surface area (Å²) in [7, 11) is 2.05. The molecule has 1 atom stereocenters. The molecule has 1 unspecified atom stereocenters. The highest BCUT2D eigenvalue weighted by Crippen LogP contribution is 2.23. The molecule has 1 fully saturated rings. The lowest BCUT2D eigenvalue weighted by molar-refractivity contribution is 0.322. The van der Waals surface area contributed by atoms with Crippen molar-refractivity contribution in [2.45, 2.75) is 39.7 Å². The van der Waals surface area contributed by atoms with Gasteiger partial charge in [0.15, 0.2) is 0 Å². The van der Waals surface area contributed by atoms with Crippen LogP contribution in [-0.2, 0) is 0 Å². The lowest BCUT2D eigenvalue weighted by Gasteiger charge is -2.34. The van der Waals surface area contributed by atoms with Crippen LogP contribution in [0.4, 0.5) is 5.95 Å². The largest absolute Gasteiger partial charge is 0.341 e. The van der Waals surface area contributed by atoms with Gasteiger partial charge in [0.1, 0.15) is 0 Å². The fourth-order valence-corrected chi connectivity index (χ4v) is 2.68. The molecule has 2 heterocycles. The lowest BCUT2D eigenvalue weighted by Crippen LogP contribution is -2.41. The van der Waals surface area contributed by atoms with Crippen molar-refractivity contribution in [3.63, 3.8) is 0 Å². The third kappa shape index (κ3) is 2.99. The molecule has 100 valence electrons. The van der Waals surface area contributed by atoms with Gasteiger partial charge >= 0.3 is 0 Å². The number of hydrogen-bond acceptors (Lipinski definition) is 4. The van der Waals surface area contributed by atoms with E-state index < -0.39 is 0 Å². The Labute approximate surface area is 110 Å². The first kappa shape index (κ1) is 13.3. The van der Waals surface area contributed by atoms with Crippen LogP contribution in [-0.4, -0.2) is 36.1 Å². The van der Waals surface area contributed by atoms with Gasteiger partial charge in [-0.15, -0.1) is 0 Å². The van der Waals surface area contributed by atoms with Crippen molar-refractivity contribution in [3.8, 4) is 0 Å². The molecule has 1 aromatic rings. The number of hydrogen-bond donors (Lipinski definition) is 1. The topological polar surface area (TPSA) is 41.0 Å². The maximum absolute atomic E-state index is 4.55. The van der Waals surface area contributed by atoms with Crippen LogP contribution < -0.4 is 10.2 Å². The number of anilines is 1. The molecule has 2 rings (SSSR count). The van der Waals surface area contributed by atoms with Gasteiger partial charge < -0.3 is 10.2 Å². The first-order valence-electron chi connectivity index (χ1n) is 6.84. The minimum absolute atomic E-state index is 0.604.